The molecule has 0 aliphatic carbocycles. The average Bonchev–Trinajstić information content (AvgIpc) is 2.74. The topological polar surface area (TPSA) is 75.7 Å². The maximum Gasteiger partial charge on any atom is 0.255 e. The predicted molar refractivity (Wildman–Crippen MR) is 117 cm³/mol. The summed E-state index contributed by atoms with van der Waals surface area (Å²) in [5, 5.41) is 2.79. The van der Waals surface area contributed by atoms with Crippen LogP contribution in [0.3, 0.4) is 0 Å². The third kappa shape index (κ3) is 4.88. The van der Waals surface area contributed by atoms with Gasteiger partial charge < -0.3 is 10.1 Å². The van der Waals surface area contributed by atoms with Crippen molar-refractivity contribution in [2.45, 2.75) is 36.7 Å². The van der Waals surface area contributed by atoms with Gasteiger partial charge in [-0.15, -0.1) is 0 Å². The first-order valence-corrected chi connectivity index (χ1v) is 11.8. The Kier molecular flexibility index (Phi) is 6.78. The van der Waals surface area contributed by atoms with Gasteiger partial charge >= 0.3 is 0 Å². The highest BCUT2D eigenvalue weighted by Crippen LogP contribution is 2.31. The second kappa shape index (κ2) is 8.95. The number of rotatable bonds is 6. The summed E-state index contributed by atoms with van der Waals surface area (Å²) in [5.74, 6) is -0.358. The highest BCUT2D eigenvalue weighted by Gasteiger charge is 2.37. The van der Waals surface area contributed by atoms with Crippen LogP contribution in [0.2, 0.25) is 0 Å². The summed E-state index contributed by atoms with van der Waals surface area (Å²) in [7, 11) is -1.99. The minimum absolute atomic E-state index is 0.126. The molecule has 0 unspecified atom stereocenters. The van der Waals surface area contributed by atoms with Crippen molar-refractivity contribution in [3.05, 3.63) is 58.6 Å². The first-order chi connectivity index (χ1) is 13.8. The van der Waals surface area contributed by atoms with Crippen molar-refractivity contribution < 1.29 is 17.9 Å². The van der Waals surface area contributed by atoms with Crippen LogP contribution in [-0.4, -0.2) is 44.4 Å². The molecule has 1 N–H and O–H groups in total. The molecular formula is C21H25BrN2O4S. The van der Waals surface area contributed by atoms with Gasteiger partial charge in [0.15, 0.2) is 0 Å². The number of piperidine rings is 1. The number of sulfonamides is 1. The molecule has 1 aliphatic rings. The largest absolute Gasteiger partial charge is 0.378 e. The molecule has 0 aromatic heterocycles. The number of nitrogens with one attached hydrogen (secondary N) is 1. The standard InChI is InChI=1S/C21H25BrN2O4S/c1-3-21(28-2)10-12-24(13-11-21)29(26,27)19-9-4-6-16(14-19)20(25)23-18-8-5-7-17(22)15-18/h4-9,14-15H,3,10-13H2,1-2H3,(H,23,25). The van der Waals surface area contributed by atoms with Gasteiger partial charge in [-0.2, -0.15) is 4.31 Å². The fourth-order valence-corrected chi connectivity index (χ4v) is 5.44. The van der Waals surface area contributed by atoms with Crippen LogP contribution in [0.1, 0.15) is 36.5 Å². The summed E-state index contributed by atoms with van der Waals surface area (Å²) in [6, 6.07) is 13.4. The quantitative estimate of drug-likeness (QED) is 0.669. The van der Waals surface area contributed by atoms with Gasteiger partial charge in [0.2, 0.25) is 10.0 Å². The molecule has 0 saturated carbocycles. The van der Waals surface area contributed by atoms with Crippen LogP contribution < -0.4 is 5.32 Å². The van der Waals surface area contributed by atoms with Gasteiger partial charge in [-0.1, -0.05) is 35.0 Å². The van der Waals surface area contributed by atoms with Crippen LogP contribution in [-0.2, 0) is 14.8 Å². The van der Waals surface area contributed by atoms with E-state index in [9.17, 15) is 13.2 Å². The van der Waals surface area contributed by atoms with E-state index in [0.29, 0.717) is 37.2 Å². The van der Waals surface area contributed by atoms with Crippen LogP contribution in [0.15, 0.2) is 57.9 Å². The first kappa shape index (κ1) is 22.0. The van der Waals surface area contributed by atoms with E-state index in [1.54, 1.807) is 31.4 Å². The van der Waals surface area contributed by atoms with E-state index in [0.717, 1.165) is 10.9 Å². The van der Waals surface area contributed by atoms with Gasteiger partial charge in [0.1, 0.15) is 0 Å². The zero-order chi connectivity index (χ0) is 21.1. The van der Waals surface area contributed by atoms with Crippen molar-refractivity contribution in [1.82, 2.24) is 4.31 Å². The van der Waals surface area contributed by atoms with Crippen LogP contribution in [0.25, 0.3) is 0 Å². The normalized spacial score (nSPS) is 17.1. The molecule has 8 heteroatoms. The van der Waals surface area contributed by atoms with Crippen molar-refractivity contribution in [3.63, 3.8) is 0 Å². The summed E-state index contributed by atoms with van der Waals surface area (Å²) in [6.45, 7) is 2.86. The number of hydrogen-bond acceptors (Lipinski definition) is 4. The maximum atomic E-state index is 13.1. The third-order valence-electron chi connectivity index (χ3n) is 5.53. The molecule has 0 spiro atoms. The van der Waals surface area contributed by atoms with Gasteiger partial charge in [-0.25, -0.2) is 8.42 Å². The molecule has 0 radical (unpaired) electrons. The minimum atomic E-state index is -3.67. The predicted octanol–water partition coefficient (Wildman–Crippen LogP) is 4.28. The zero-order valence-corrected chi connectivity index (χ0v) is 18.9. The van der Waals surface area contributed by atoms with E-state index in [1.807, 2.05) is 12.1 Å². The number of anilines is 1. The Hall–Kier alpha value is -1.74. The van der Waals surface area contributed by atoms with Gasteiger partial charge in [-0.3, -0.25) is 4.79 Å². The molecule has 1 fully saturated rings. The molecule has 1 heterocycles. The molecule has 0 atom stereocenters. The summed E-state index contributed by atoms with van der Waals surface area (Å²) >= 11 is 3.36. The molecule has 2 aromatic rings. The van der Waals surface area contributed by atoms with E-state index in [2.05, 4.69) is 28.2 Å². The first-order valence-electron chi connectivity index (χ1n) is 9.52. The average molecular weight is 481 g/mol. The molecule has 0 bridgehead atoms. The van der Waals surface area contributed by atoms with E-state index in [1.165, 1.54) is 16.4 Å². The number of ether oxygens (including phenoxy) is 1. The van der Waals surface area contributed by atoms with Crippen molar-refractivity contribution in [1.29, 1.82) is 0 Å². The smallest absolute Gasteiger partial charge is 0.255 e. The Bertz CT molecular complexity index is 980. The number of carbonyl (C=O) groups is 1. The summed E-state index contributed by atoms with van der Waals surface area (Å²) in [4.78, 5) is 12.7. The monoisotopic (exact) mass is 480 g/mol. The molecular weight excluding hydrogens is 456 g/mol. The Balaban J connectivity index is 1.77. The number of halogens is 1. The number of nitrogens with zero attached hydrogens (tertiary/aromatic N) is 1. The van der Waals surface area contributed by atoms with E-state index in [4.69, 9.17) is 4.74 Å². The number of carbonyl (C=O) groups excluding carboxylic acids is 1. The van der Waals surface area contributed by atoms with Crippen LogP contribution in [0.5, 0.6) is 0 Å². The minimum Gasteiger partial charge on any atom is -0.378 e. The molecule has 29 heavy (non-hydrogen) atoms. The van der Waals surface area contributed by atoms with Gasteiger partial charge in [0.05, 0.1) is 10.5 Å². The fraction of sp³-hybridized carbons (Fsp3) is 0.381. The maximum absolute atomic E-state index is 13.1. The molecule has 1 aliphatic heterocycles. The molecule has 1 amide bonds. The lowest BCUT2D eigenvalue weighted by Gasteiger charge is -2.39. The molecule has 3 rings (SSSR count). The second-order valence-corrected chi connectivity index (χ2v) is 9.99. The summed E-state index contributed by atoms with van der Waals surface area (Å²) < 4.78 is 34.2. The van der Waals surface area contributed by atoms with E-state index in [-0.39, 0.29) is 16.4 Å². The Morgan fingerprint density at radius 3 is 2.48 bits per heavy atom. The van der Waals surface area contributed by atoms with Crippen molar-refractivity contribution in [2.75, 3.05) is 25.5 Å². The molecule has 6 nitrogen and oxygen atoms in total. The highest BCUT2D eigenvalue weighted by molar-refractivity contribution is 9.10. The van der Waals surface area contributed by atoms with Gasteiger partial charge in [-0.05, 0) is 55.7 Å². The van der Waals surface area contributed by atoms with Crippen molar-refractivity contribution in [2.24, 2.45) is 0 Å². The number of benzene rings is 2. The van der Waals surface area contributed by atoms with Crippen LogP contribution in [0.4, 0.5) is 5.69 Å². The van der Waals surface area contributed by atoms with E-state index < -0.39 is 10.0 Å². The lowest BCUT2D eigenvalue weighted by atomic mass is 9.90. The second-order valence-electron chi connectivity index (χ2n) is 7.14. The molecule has 2 aromatic carbocycles. The van der Waals surface area contributed by atoms with Crippen molar-refractivity contribution >= 4 is 37.5 Å². The number of hydrogen-bond donors (Lipinski definition) is 1. The molecule has 156 valence electrons. The van der Waals surface area contributed by atoms with Crippen molar-refractivity contribution in [3.8, 4) is 0 Å². The van der Waals surface area contributed by atoms with Crippen LogP contribution in [0, 0.1) is 0 Å². The third-order valence-corrected chi connectivity index (χ3v) is 7.92. The Morgan fingerprint density at radius 2 is 1.86 bits per heavy atom. The Morgan fingerprint density at radius 1 is 1.17 bits per heavy atom. The fourth-order valence-electron chi connectivity index (χ4n) is 3.55. The SMILES string of the molecule is CCC1(OC)CCN(S(=O)(=O)c2cccc(C(=O)Nc3cccc(Br)c3)c2)CC1. The number of amides is 1. The van der Waals surface area contributed by atoms with E-state index >= 15 is 0 Å². The number of methoxy groups -OCH3 is 1. The zero-order valence-electron chi connectivity index (χ0n) is 16.5. The van der Waals surface area contributed by atoms with Crippen LogP contribution >= 0.6 is 15.9 Å². The van der Waals surface area contributed by atoms with Gasteiger partial charge in [0.25, 0.3) is 5.91 Å². The van der Waals surface area contributed by atoms with Gasteiger partial charge in [0, 0.05) is 35.9 Å². The highest BCUT2D eigenvalue weighted by atomic mass is 79.9. The lowest BCUT2D eigenvalue weighted by molar-refractivity contribution is -0.0478. The summed E-state index contributed by atoms with van der Waals surface area (Å²) in [5.41, 5.74) is 0.671. The lowest BCUT2D eigenvalue weighted by Crippen LogP contribution is -2.47. The Labute approximate surface area is 180 Å². The molecule has 1 saturated heterocycles. The summed E-state index contributed by atoms with van der Waals surface area (Å²) in [6.07, 6.45) is 2.16.